The summed E-state index contributed by atoms with van der Waals surface area (Å²) in [5, 5.41) is 17.6. The molecule has 3 aromatic rings. The van der Waals surface area contributed by atoms with E-state index in [9.17, 15) is 23.1 Å². The van der Waals surface area contributed by atoms with Crippen LogP contribution < -0.4 is 10.1 Å². The second-order valence-corrected chi connectivity index (χ2v) is 16.0. The van der Waals surface area contributed by atoms with Crippen LogP contribution in [0.15, 0.2) is 64.9 Å². The summed E-state index contributed by atoms with van der Waals surface area (Å²) >= 11 is 1.48. The van der Waals surface area contributed by atoms with Crippen molar-refractivity contribution in [2.24, 2.45) is 11.8 Å². The molecule has 274 valence electrons. The number of rotatable bonds is 19. The van der Waals surface area contributed by atoms with Gasteiger partial charge in [0.1, 0.15) is 16.8 Å². The van der Waals surface area contributed by atoms with E-state index in [4.69, 9.17) is 9.47 Å². The molecule has 1 aliphatic heterocycles. The van der Waals surface area contributed by atoms with Gasteiger partial charge < -0.3 is 29.7 Å². The summed E-state index contributed by atoms with van der Waals surface area (Å²) in [6.07, 6.45) is -0.366. The Labute approximate surface area is 300 Å². The molecule has 4 atom stereocenters. The second kappa shape index (κ2) is 18.1. The van der Waals surface area contributed by atoms with Crippen LogP contribution in [0.4, 0.5) is 4.79 Å². The van der Waals surface area contributed by atoms with E-state index in [-0.39, 0.29) is 48.2 Å². The summed E-state index contributed by atoms with van der Waals surface area (Å²) in [4.78, 5) is 35.9. The van der Waals surface area contributed by atoms with Gasteiger partial charge in [-0.25, -0.2) is 18.2 Å². The van der Waals surface area contributed by atoms with E-state index in [0.717, 1.165) is 16.3 Å². The van der Waals surface area contributed by atoms with E-state index in [1.54, 1.807) is 29.0 Å². The molecule has 2 unspecified atom stereocenters. The van der Waals surface area contributed by atoms with Crippen LogP contribution in [0, 0.1) is 11.8 Å². The summed E-state index contributed by atoms with van der Waals surface area (Å²) in [6, 6.07) is 13.7. The van der Waals surface area contributed by atoms with Crippen LogP contribution in [-0.2, 0) is 39.1 Å². The average molecular weight is 730 g/mol. The molecule has 4 rings (SSSR count). The number of amides is 3. The molecule has 50 heavy (non-hydrogen) atoms. The fourth-order valence-corrected chi connectivity index (χ4v) is 8.45. The SMILES string of the molecule is CCC(C)C(C(=O)N[C@@H](Cc1ccccc1)[C@H](O)CN(CC(C)C)S(=O)(=O)c1ccc(OC)cc1)N1CCN(Cc2csc(COC)n2)C1=O. The van der Waals surface area contributed by atoms with Crippen LogP contribution in [0.25, 0.3) is 0 Å². The minimum absolute atomic E-state index is 0.0351. The number of urea groups is 1. The molecular formula is C36H51N5O7S2. The van der Waals surface area contributed by atoms with Gasteiger partial charge in [0.25, 0.3) is 0 Å². The molecule has 0 aliphatic carbocycles. The van der Waals surface area contributed by atoms with Gasteiger partial charge in [-0.15, -0.1) is 11.3 Å². The lowest BCUT2D eigenvalue weighted by Crippen LogP contribution is -2.57. The quantitative estimate of drug-likeness (QED) is 0.185. The van der Waals surface area contributed by atoms with Crippen molar-refractivity contribution in [1.29, 1.82) is 0 Å². The number of benzene rings is 2. The zero-order valence-corrected chi connectivity index (χ0v) is 31.5. The molecule has 1 aliphatic rings. The van der Waals surface area contributed by atoms with Crippen LogP contribution >= 0.6 is 11.3 Å². The number of nitrogens with zero attached hydrogens (tertiary/aromatic N) is 4. The smallest absolute Gasteiger partial charge is 0.321 e. The molecule has 3 amide bonds. The predicted octanol–water partition coefficient (Wildman–Crippen LogP) is 4.39. The van der Waals surface area contributed by atoms with Crippen LogP contribution in [0.2, 0.25) is 0 Å². The summed E-state index contributed by atoms with van der Waals surface area (Å²) in [5.74, 6) is -0.0835. The van der Waals surface area contributed by atoms with Gasteiger partial charge in [-0.1, -0.05) is 64.4 Å². The van der Waals surface area contributed by atoms with E-state index >= 15 is 0 Å². The first-order valence-electron chi connectivity index (χ1n) is 17.0. The molecule has 0 radical (unpaired) electrons. The molecule has 0 saturated carbocycles. The van der Waals surface area contributed by atoms with Gasteiger partial charge in [0.05, 0.1) is 43.0 Å². The monoisotopic (exact) mass is 729 g/mol. The topological polar surface area (TPSA) is 142 Å². The Hall–Kier alpha value is -3.56. The molecule has 1 aromatic heterocycles. The van der Waals surface area contributed by atoms with Crippen molar-refractivity contribution < 1.29 is 32.6 Å². The standard InChI is InChI=1S/C36H51N5O7S2/c1-7-26(4)34(41-18-17-39(36(41)44)21-28-24-49-33(37-28)23-47-5)35(43)38-31(19-27-11-9-8-10-12-27)32(42)22-40(20-25(2)3)50(45,46)30-15-13-29(48-6)14-16-30/h8-16,24-26,31-32,34,42H,7,17-23H2,1-6H3,(H,38,43)/t26?,31-,32+,34?/m0/s1. The van der Waals surface area contributed by atoms with Crippen molar-refractivity contribution in [3.8, 4) is 5.75 Å². The maximum atomic E-state index is 14.3. The minimum atomic E-state index is -4.00. The number of thiazole rings is 1. The number of aliphatic hydroxyl groups is 1. The fourth-order valence-electron chi connectivity index (χ4n) is 6.07. The third-order valence-corrected chi connectivity index (χ3v) is 11.6. The van der Waals surface area contributed by atoms with Crippen LogP contribution in [0.3, 0.4) is 0 Å². The Kier molecular flexibility index (Phi) is 14.2. The molecule has 2 N–H and O–H groups in total. The third kappa shape index (κ3) is 10.0. The van der Waals surface area contributed by atoms with Crippen molar-refractivity contribution in [2.45, 2.75) is 76.8 Å². The normalized spacial score (nSPS) is 16.1. The van der Waals surface area contributed by atoms with Gasteiger partial charge in [0.2, 0.25) is 15.9 Å². The zero-order valence-electron chi connectivity index (χ0n) is 29.8. The minimum Gasteiger partial charge on any atom is -0.497 e. The Balaban J connectivity index is 1.57. The lowest BCUT2D eigenvalue weighted by molar-refractivity contribution is -0.128. The number of hydrogen-bond acceptors (Lipinski definition) is 9. The fraction of sp³-hybridized carbons (Fsp3) is 0.528. The van der Waals surface area contributed by atoms with Gasteiger partial charge in [-0.2, -0.15) is 4.31 Å². The number of nitrogens with one attached hydrogen (secondary N) is 1. The zero-order chi connectivity index (χ0) is 36.4. The first-order chi connectivity index (χ1) is 23.9. The summed E-state index contributed by atoms with van der Waals surface area (Å²) in [5.41, 5.74) is 1.63. The highest BCUT2D eigenvalue weighted by Gasteiger charge is 2.41. The number of carbonyl (C=O) groups excluding carboxylic acids is 2. The lowest BCUT2D eigenvalue weighted by Gasteiger charge is -2.35. The first-order valence-corrected chi connectivity index (χ1v) is 19.3. The molecule has 2 heterocycles. The maximum Gasteiger partial charge on any atom is 0.321 e. The van der Waals surface area contributed by atoms with Crippen molar-refractivity contribution in [2.75, 3.05) is 40.4 Å². The Bertz CT molecular complexity index is 1640. The molecule has 1 saturated heterocycles. The predicted molar refractivity (Wildman–Crippen MR) is 193 cm³/mol. The highest BCUT2D eigenvalue weighted by Crippen LogP contribution is 2.25. The maximum absolute atomic E-state index is 14.3. The third-order valence-electron chi connectivity index (χ3n) is 8.88. The number of sulfonamides is 1. The highest BCUT2D eigenvalue weighted by atomic mass is 32.2. The Morgan fingerprint density at radius 1 is 1.06 bits per heavy atom. The molecular weight excluding hydrogens is 679 g/mol. The lowest BCUT2D eigenvalue weighted by atomic mass is 9.95. The summed E-state index contributed by atoms with van der Waals surface area (Å²) < 4.78 is 39.4. The first kappa shape index (κ1) is 39.2. The number of aliphatic hydroxyl groups excluding tert-OH is 1. The van der Waals surface area contributed by atoms with Crippen molar-refractivity contribution >= 4 is 33.3 Å². The largest absolute Gasteiger partial charge is 0.497 e. The molecule has 1 fully saturated rings. The molecule has 0 bridgehead atoms. The van der Waals surface area contributed by atoms with Gasteiger partial charge in [0.15, 0.2) is 0 Å². The van der Waals surface area contributed by atoms with Crippen molar-refractivity contribution in [1.82, 2.24) is 24.4 Å². The molecule has 14 heteroatoms. The summed E-state index contributed by atoms with van der Waals surface area (Å²) in [7, 11) is -0.885. The van der Waals surface area contributed by atoms with E-state index in [1.165, 1.54) is 34.9 Å². The molecule has 0 spiro atoms. The number of carbonyl (C=O) groups is 2. The van der Waals surface area contributed by atoms with E-state index in [2.05, 4.69) is 10.3 Å². The van der Waals surface area contributed by atoms with Crippen LogP contribution in [-0.4, -0.2) is 103 Å². The number of ether oxygens (including phenoxy) is 2. The van der Waals surface area contributed by atoms with Gasteiger partial charge in [0, 0.05) is 38.7 Å². The van der Waals surface area contributed by atoms with E-state index < -0.39 is 28.2 Å². The van der Waals surface area contributed by atoms with Crippen LogP contribution in [0.1, 0.15) is 50.4 Å². The van der Waals surface area contributed by atoms with Gasteiger partial charge >= 0.3 is 6.03 Å². The van der Waals surface area contributed by atoms with Crippen molar-refractivity contribution in [3.63, 3.8) is 0 Å². The number of aromatic nitrogens is 1. The number of methoxy groups -OCH3 is 2. The Morgan fingerprint density at radius 3 is 2.38 bits per heavy atom. The van der Waals surface area contributed by atoms with E-state index in [1.807, 2.05) is 63.4 Å². The van der Waals surface area contributed by atoms with E-state index in [0.29, 0.717) is 38.4 Å². The molecule has 12 nitrogen and oxygen atoms in total. The summed E-state index contributed by atoms with van der Waals surface area (Å²) in [6.45, 7) is 9.19. The van der Waals surface area contributed by atoms with Gasteiger partial charge in [-0.3, -0.25) is 4.79 Å². The Morgan fingerprint density at radius 2 is 1.76 bits per heavy atom. The average Bonchev–Trinajstić information content (AvgIpc) is 3.70. The second-order valence-electron chi connectivity index (χ2n) is 13.2. The van der Waals surface area contributed by atoms with Gasteiger partial charge in [-0.05, 0) is 48.1 Å². The number of hydrogen-bond donors (Lipinski definition) is 2. The van der Waals surface area contributed by atoms with Crippen LogP contribution in [0.5, 0.6) is 5.75 Å². The highest BCUT2D eigenvalue weighted by molar-refractivity contribution is 7.89. The van der Waals surface area contributed by atoms with Crippen molar-refractivity contribution in [3.05, 3.63) is 76.2 Å². The molecule has 2 aromatic carbocycles.